The van der Waals surface area contributed by atoms with Crippen LogP contribution in [-0.4, -0.2) is 106 Å². The van der Waals surface area contributed by atoms with E-state index >= 15 is 0 Å². The molecular weight excluding hydrogens is 638 g/mol. The van der Waals surface area contributed by atoms with Crippen LogP contribution in [0.2, 0.25) is 0 Å². The van der Waals surface area contributed by atoms with Gasteiger partial charge in [-0.2, -0.15) is 0 Å². The van der Waals surface area contributed by atoms with Gasteiger partial charge in [-0.05, 0) is 69.9 Å². The highest BCUT2D eigenvalue weighted by molar-refractivity contribution is 7.89. The van der Waals surface area contributed by atoms with Crippen LogP contribution in [0.1, 0.15) is 72.7 Å². The Balaban J connectivity index is 1.10. The van der Waals surface area contributed by atoms with Crippen LogP contribution in [0.5, 0.6) is 5.75 Å². The van der Waals surface area contributed by atoms with Crippen LogP contribution in [-0.2, 0) is 32.2 Å². The molecule has 0 radical (unpaired) electrons. The number of aldehydes is 1. The third-order valence-corrected chi connectivity index (χ3v) is 9.94. The Hall–Kier alpha value is -3.98. The number of imide groups is 1. The highest BCUT2D eigenvalue weighted by atomic mass is 32.2. The van der Waals surface area contributed by atoms with Crippen molar-refractivity contribution in [3.05, 3.63) is 59.2 Å². The molecule has 258 valence electrons. The molecule has 2 aromatic carbocycles. The summed E-state index contributed by atoms with van der Waals surface area (Å²) in [6.45, 7) is 8.45. The van der Waals surface area contributed by atoms with E-state index in [4.69, 9.17) is 9.47 Å². The number of alkyl carbamates (subject to hydrolysis) is 1. The largest absolute Gasteiger partial charge is 0.593 e. The van der Waals surface area contributed by atoms with Crippen LogP contribution in [0, 0.1) is 0 Å². The third-order valence-electron chi connectivity index (χ3n) is 8.45. The number of hydrogen-bond donors (Lipinski definition) is 2. The van der Waals surface area contributed by atoms with E-state index in [0.29, 0.717) is 62.5 Å². The first-order valence-corrected chi connectivity index (χ1v) is 17.3. The summed E-state index contributed by atoms with van der Waals surface area (Å²) in [5.74, 6) is -0.945. The molecule has 3 aliphatic rings. The molecule has 48 heavy (non-hydrogen) atoms. The average molecular weight is 682 g/mol. The molecule has 5 rings (SSSR count). The van der Waals surface area contributed by atoms with E-state index in [1.165, 1.54) is 7.05 Å². The molecule has 0 aromatic heterocycles. The van der Waals surface area contributed by atoms with E-state index in [0.717, 1.165) is 10.5 Å². The van der Waals surface area contributed by atoms with Gasteiger partial charge in [0, 0.05) is 58.3 Å². The van der Waals surface area contributed by atoms with Crippen molar-refractivity contribution >= 4 is 41.5 Å². The monoisotopic (exact) mass is 681 g/mol. The van der Waals surface area contributed by atoms with E-state index in [1.54, 1.807) is 24.3 Å². The molecule has 2 atom stereocenters. The summed E-state index contributed by atoms with van der Waals surface area (Å²) in [5, 5.41) is 5.38. The number of likely N-dealkylation sites (N-methyl/N-ethyl adjacent to an activating group) is 1. The fourth-order valence-corrected chi connectivity index (χ4v) is 7.33. The summed E-state index contributed by atoms with van der Waals surface area (Å²) in [7, 11) is 1.43. The molecule has 3 heterocycles. The topological polar surface area (TPSA) is 161 Å². The van der Waals surface area contributed by atoms with Crippen molar-refractivity contribution in [2.45, 2.75) is 81.7 Å². The first kappa shape index (κ1) is 35.3. The number of nitrogens with one attached hydrogen (secondary N) is 2. The lowest BCUT2D eigenvalue weighted by Gasteiger charge is -2.39. The predicted molar refractivity (Wildman–Crippen MR) is 177 cm³/mol. The maximum atomic E-state index is 13.3. The van der Waals surface area contributed by atoms with Crippen molar-refractivity contribution in [1.82, 2.24) is 24.7 Å². The van der Waals surface area contributed by atoms with Crippen LogP contribution in [0.25, 0.3) is 0 Å². The number of nitrogens with zero attached hydrogens (tertiary/aromatic N) is 3. The number of rotatable bonds is 12. The number of amides is 4. The summed E-state index contributed by atoms with van der Waals surface area (Å²) in [5.41, 5.74) is 0.779. The number of benzene rings is 2. The number of hydrogen-bond acceptors (Lipinski definition) is 10. The standard InChI is InChI=1S/C34H43N5O8S/c1-34(2,3)47-33(44)36-23-12-14-38(15-13-23)48(45)26-8-5-7-24(18-26)46-25-20-37(21-25)19-22-10-11-27-28(17-22)32(43)39(31(27)42)29(9-6-16-40)30(41)35-4/h5,7-8,10-11,16-18,23,25,29H,6,9,12-15,19-21H2,1-4H3,(H,35,41)(H,36,44). The minimum absolute atomic E-state index is 0.0283. The van der Waals surface area contributed by atoms with Gasteiger partial charge in [0.05, 0.1) is 22.5 Å². The van der Waals surface area contributed by atoms with Crippen molar-refractivity contribution in [1.29, 1.82) is 0 Å². The van der Waals surface area contributed by atoms with Crippen molar-refractivity contribution in [2.24, 2.45) is 0 Å². The van der Waals surface area contributed by atoms with Crippen molar-refractivity contribution < 1.29 is 38.0 Å². The predicted octanol–water partition coefficient (Wildman–Crippen LogP) is 2.65. The average Bonchev–Trinajstić information content (AvgIpc) is 3.27. The number of likely N-dealkylation sites (tertiary alicyclic amines) is 1. The Morgan fingerprint density at radius 2 is 1.77 bits per heavy atom. The van der Waals surface area contributed by atoms with Gasteiger partial charge < -0.3 is 29.5 Å². The summed E-state index contributed by atoms with van der Waals surface area (Å²) in [6.07, 6.45) is 1.60. The fraction of sp³-hybridized carbons (Fsp3) is 0.500. The van der Waals surface area contributed by atoms with Gasteiger partial charge in [0.15, 0.2) is 4.90 Å². The zero-order chi connectivity index (χ0) is 34.6. The Morgan fingerprint density at radius 1 is 1.06 bits per heavy atom. The van der Waals surface area contributed by atoms with E-state index in [9.17, 15) is 28.5 Å². The minimum Gasteiger partial charge on any atom is -0.593 e. The Kier molecular flexibility index (Phi) is 11.1. The molecule has 2 aromatic rings. The van der Waals surface area contributed by atoms with Crippen molar-refractivity contribution in [2.75, 3.05) is 33.2 Å². The first-order chi connectivity index (χ1) is 22.9. The number of ether oxygens (including phenoxy) is 2. The van der Waals surface area contributed by atoms with E-state index in [2.05, 4.69) is 15.5 Å². The van der Waals surface area contributed by atoms with E-state index < -0.39 is 46.8 Å². The van der Waals surface area contributed by atoms with E-state index in [-0.39, 0.29) is 36.1 Å². The summed E-state index contributed by atoms with van der Waals surface area (Å²) >= 11 is -1.37. The smallest absolute Gasteiger partial charge is 0.407 e. The van der Waals surface area contributed by atoms with Crippen molar-refractivity contribution in [3.8, 4) is 5.75 Å². The number of fused-ring (bicyclic) bond motifs is 1. The molecular formula is C34H43N5O8S. The fourth-order valence-electron chi connectivity index (χ4n) is 6.08. The number of piperidine rings is 1. The van der Waals surface area contributed by atoms with Gasteiger partial charge in [0.25, 0.3) is 11.8 Å². The molecule has 4 amide bonds. The van der Waals surface area contributed by atoms with Crippen LogP contribution in [0.15, 0.2) is 47.4 Å². The van der Waals surface area contributed by atoms with Gasteiger partial charge in [0.1, 0.15) is 29.8 Å². The lowest BCUT2D eigenvalue weighted by Crippen LogP contribution is -2.53. The molecule has 2 N–H and O–H groups in total. The minimum atomic E-state index is -1.37. The second-order valence-electron chi connectivity index (χ2n) is 13.2. The summed E-state index contributed by atoms with van der Waals surface area (Å²) < 4.78 is 26.8. The SMILES string of the molecule is CNC(=O)C(CCC=O)N1C(=O)c2ccc(CN3CC(Oc4cccc([S+]([O-])N5CCC(NC(=O)OC(C)(C)C)CC5)c4)C3)cc2C1=O. The van der Waals surface area contributed by atoms with Crippen LogP contribution >= 0.6 is 0 Å². The van der Waals surface area contributed by atoms with Crippen LogP contribution in [0.3, 0.4) is 0 Å². The quantitative estimate of drug-likeness (QED) is 0.194. The molecule has 0 saturated carbocycles. The Morgan fingerprint density at radius 3 is 2.44 bits per heavy atom. The molecule has 0 aliphatic carbocycles. The maximum absolute atomic E-state index is 13.3. The summed E-state index contributed by atoms with van der Waals surface area (Å²) in [4.78, 5) is 65.5. The molecule has 2 saturated heterocycles. The van der Waals surface area contributed by atoms with E-state index in [1.807, 2.05) is 43.3 Å². The lowest BCUT2D eigenvalue weighted by molar-refractivity contribution is -0.124. The molecule has 3 aliphatic heterocycles. The van der Waals surface area contributed by atoms with Gasteiger partial charge in [-0.15, -0.1) is 4.31 Å². The Bertz CT molecular complexity index is 1530. The van der Waals surface area contributed by atoms with Gasteiger partial charge in [-0.3, -0.25) is 24.2 Å². The molecule has 2 fully saturated rings. The number of carbonyl (C=O) groups is 5. The van der Waals surface area contributed by atoms with Crippen LogP contribution in [0.4, 0.5) is 4.79 Å². The van der Waals surface area contributed by atoms with Crippen LogP contribution < -0.4 is 15.4 Å². The molecule has 0 spiro atoms. The van der Waals surface area contributed by atoms with Crippen molar-refractivity contribution in [3.63, 3.8) is 0 Å². The molecule has 2 unspecified atom stereocenters. The zero-order valence-electron chi connectivity index (χ0n) is 27.7. The summed E-state index contributed by atoms with van der Waals surface area (Å²) in [6, 6.07) is 11.3. The van der Waals surface area contributed by atoms with Gasteiger partial charge in [0.2, 0.25) is 5.91 Å². The highest BCUT2D eigenvalue weighted by Crippen LogP contribution is 2.30. The number of carbonyl (C=O) groups excluding carboxylic acids is 5. The maximum Gasteiger partial charge on any atom is 0.407 e. The molecule has 0 bridgehead atoms. The molecule has 14 heteroatoms. The second kappa shape index (κ2) is 15.1. The highest BCUT2D eigenvalue weighted by Gasteiger charge is 2.42. The van der Waals surface area contributed by atoms with Gasteiger partial charge >= 0.3 is 6.09 Å². The third kappa shape index (κ3) is 8.35. The molecule has 13 nitrogen and oxygen atoms in total. The Labute approximate surface area is 283 Å². The first-order valence-electron chi connectivity index (χ1n) is 16.2. The normalized spacial score (nSPS) is 18.9. The van der Waals surface area contributed by atoms with Gasteiger partial charge in [-0.1, -0.05) is 12.1 Å². The second-order valence-corrected chi connectivity index (χ2v) is 14.7. The van der Waals surface area contributed by atoms with Gasteiger partial charge in [-0.25, -0.2) is 4.79 Å². The zero-order valence-corrected chi connectivity index (χ0v) is 28.5. The lowest BCUT2D eigenvalue weighted by atomic mass is 10.0.